The Labute approximate surface area is 425 Å². The molecule has 0 saturated heterocycles. The molecule has 7 rings (SSSR count). The molecule has 2 aliphatic rings. The van der Waals surface area contributed by atoms with Gasteiger partial charge in [0.25, 0.3) is 5.92 Å². The lowest BCUT2D eigenvalue weighted by Crippen LogP contribution is -2.39. The van der Waals surface area contributed by atoms with Crippen LogP contribution in [0.2, 0.25) is 5.02 Å². The van der Waals surface area contributed by atoms with Crippen LogP contribution in [0.5, 0.6) is 0 Å². The number of amides is 3. The number of carbonyl (C=O) groups is 3. The molecular weight excluding hydrogens is 1080 g/mol. The number of nitrogens with one attached hydrogen (secondary N) is 3. The van der Waals surface area contributed by atoms with Crippen molar-refractivity contribution in [1.82, 2.24) is 39.9 Å². The van der Waals surface area contributed by atoms with E-state index in [0.29, 0.717) is 10.7 Å². The Balaban J connectivity index is 1.40. The zero-order valence-electron chi connectivity index (χ0n) is 39.7. The summed E-state index contributed by atoms with van der Waals surface area (Å²) in [5.74, 6) is -7.49. The monoisotopic (exact) mass is 1120 g/mol. The smallest absolute Gasteiger partial charge is 0.435 e. The van der Waals surface area contributed by atoms with Crippen LogP contribution in [0.3, 0.4) is 0 Å². The Kier molecular flexibility index (Phi) is 14.7. The topological polar surface area (TPSA) is 224 Å². The Morgan fingerprint density at radius 2 is 1.56 bits per heavy atom. The minimum Gasteiger partial charge on any atom is -0.465 e. The van der Waals surface area contributed by atoms with E-state index >= 15 is 8.78 Å². The Hall–Kier alpha value is -6.47. The molecule has 75 heavy (non-hydrogen) atoms. The first-order valence-corrected chi connectivity index (χ1v) is 26.1. The standard InChI is InChI=1S/C46H43ClF10N8O8S2/c1-42(2,20-58-41(68)69)17-33(66)63-75(72,73)19-32-36-30(47)9-8-27(38(36)65(61-32)21-44(50,51)52)26-7-6-25(10-11-43(3,4)74(5,70)71)59-37(26)31(14-22-12-23(48)15-24(49)13-22)60-34(67)18-64-40-35(39(62-64)46(55,56)57)28-16-29(28)45(40,53)54/h6-9,12-13,15,28-29,31,58H,14,16-21H2,1-5H3,(H,60,67)(H,63,66)(H,68,69)/t28-,29+,31-/m0/s1. The molecule has 3 heterocycles. The fraction of sp³-hybridized carbons (Fsp3) is 0.435. The van der Waals surface area contributed by atoms with Gasteiger partial charge in [0.05, 0.1) is 28.0 Å². The van der Waals surface area contributed by atoms with E-state index < -0.39 is 167 Å². The van der Waals surface area contributed by atoms with Crippen molar-refractivity contribution in [2.24, 2.45) is 11.3 Å². The summed E-state index contributed by atoms with van der Waals surface area (Å²) in [7, 11) is -8.77. The highest BCUT2D eigenvalue weighted by Gasteiger charge is 2.68. The second-order valence-corrected chi connectivity index (χ2v) is 24.1. The van der Waals surface area contributed by atoms with Crippen molar-refractivity contribution in [3.63, 3.8) is 0 Å². The maximum absolute atomic E-state index is 15.6. The average molecular weight is 1130 g/mol. The number of fused-ring (bicyclic) bond motifs is 4. The number of aromatic nitrogens is 5. The van der Waals surface area contributed by atoms with Crippen LogP contribution in [0.1, 0.15) is 92.1 Å². The van der Waals surface area contributed by atoms with Crippen molar-refractivity contribution in [3.05, 3.63) is 98.7 Å². The summed E-state index contributed by atoms with van der Waals surface area (Å²) in [5.41, 5.74) is -7.49. The van der Waals surface area contributed by atoms with Gasteiger partial charge in [-0.3, -0.25) is 23.7 Å². The summed E-state index contributed by atoms with van der Waals surface area (Å²) < 4.78 is 200. The van der Waals surface area contributed by atoms with E-state index in [4.69, 9.17) is 16.7 Å². The second kappa shape index (κ2) is 19.6. The van der Waals surface area contributed by atoms with Crippen molar-refractivity contribution in [1.29, 1.82) is 0 Å². The van der Waals surface area contributed by atoms with E-state index in [0.717, 1.165) is 36.6 Å². The van der Waals surface area contributed by atoms with Gasteiger partial charge in [-0.1, -0.05) is 37.4 Å². The maximum atomic E-state index is 15.6. The first kappa shape index (κ1) is 56.3. The number of pyridine rings is 1. The number of alkyl halides is 8. The van der Waals surface area contributed by atoms with Gasteiger partial charge in [0.1, 0.15) is 46.6 Å². The average Bonchev–Trinajstić information content (AvgIpc) is 3.77. The van der Waals surface area contributed by atoms with E-state index in [2.05, 4.69) is 37.7 Å². The number of benzene rings is 2. The lowest BCUT2D eigenvalue weighted by Gasteiger charge is -2.23. The summed E-state index contributed by atoms with van der Waals surface area (Å²) in [6.07, 6.45) is -12.4. The first-order valence-electron chi connectivity index (χ1n) is 22.2. The largest absolute Gasteiger partial charge is 0.465 e. The van der Waals surface area contributed by atoms with Crippen LogP contribution < -0.4 is 15.4 Å². The molecule has 0 bridgehead atoms. The van der Waals surface area contributed by atoms with E-state index in [1.807, 2.05) is 0 Å². The van der Waals surface area contributed by atoms with E-state index in [9.17, 15) is 66.3 Å². The van der Waals surface area contributed by atoms with Crippen LogP contribution in [-0.2, 0) is 66.8 Å². The fourth-order valence-electron chi connectivity index (χ4n) is 8.69. The molecule has 2 aliphatic carbocycles. The van der Waals surface area contributed by atoms with Crippen LogP contribution in [0.4, 0.5) is 48.7 Å². The molecule has 0 spiro atoms. The molecule has 3 amide bonds. The molecule has 5 aromatic rings. The van der Waals surface area contributed by atoms with E-state index in [-0.39, 0.29) is 45.1 Å². The van der Waals surface area contributed by atoms with Crippen LogP contribution in [-0.4, -0.2) is 88.1 Å². The van der Waals surface area contributed by atoms with Crippen LogP contribution in [0.15, 0.2) is 42.5 Å². The number of rotatable bonds is 16. The molecule has 2 aromatic carbocycles. The van der Waals surface area contributed by atoms with Gasteiger partial charge in [-0.2, -0.15) is 45.3 Å². The van der Waals surface area contributed by atoms with Gasteiger partial charge in [-0.05, 0) is 79.8 Å². The minimum absolute atomic E-state index is 0.191. The first-order chi connectivity index (χ1) is 34.4. The predicted molar refractivity (Wildman–Crippen MR) is 248 cm³/mol. The third-order valence-corrected chi connectivity index (χ3v) is 15.8. The van der Waals surface area contributed by atoms with Gasteiger partial charge >= 0.3 is 18.4 Å². The number of halogens is 11. The summed E-state index contributed by atoms with van der Waals surface area (Å²) in [6.45, 7) is 1.83. The quantitative estimate of drug-likeness (QED) is 0.0549. The van der Waals surface area contributed by atoms with Crippen molar-refractivity contribution >= 4 is 60.3 Å². The highest BCUT2D eigenvalue weighted by molar-refractivity contribution is 7.92. The van der Waals surface area contributed by atoms with Gasteiger partial charge in [0, 0.05) is 53.3 Å². The molecule has 3 atom stereocenters. The summed E-state index contributed by atoms with van der Waals surface area (Å²) in [6, 6.07) is 4.87. The summed E-state index contributed by atoms with van der Waals surface area (Å²) >= 11 is 6.61. The van der Waals surface area contributed by atoms with Crippen molar-refractivity contribution < 1.29 is 80.2 Å². The molecule has 29 heteroatoms. The molecule has 0 aliphatic heterocycles. The van der Waals surface area contributed by atoms with Gasteiger partial charge in [0.15, 0.2) is 15.5 Å². The van der Waals surface area contributed by atoms with Crippen LogP contribution in [0, 0.1) is 34.8 Å². The number of sulfone groups is 1. The molecule has 16 nitrogen and oxygen atoms in total. The Morgan fingerprint density at radius 3 is 2.16 bits per heavy atom. The third kappa shape index (κ3) is 12.5. The molecule has 1 fully saturated rings. The van der Waals surface area contributed by atoms with Gasteiger partial charge in [0.2, 0.25) is 21.8 Å². The van der Waals surface area contributed by atoms with Crippen LogP contribution >= 0.6 is 11.6 Å². The van der Waals surface area contributed by atoms with Gasteiger partial charge < -0.3 is 15.7 Å². The molecular formula is C46H43ClF10N8O8S2. The summed E-state index contributed by atoms with van der Waals surface area (Å²) in [5, 5.41) is 20.0. The SMILES string of the molecule is CC(C)(CNC(=O)O)CC(=O)NS(=O)(=O)Cc1nn(CC(F)(F)F)c2c(-c3ccc(C#CC(C)(C)S(C)(=O)=O)nc3[C@H](Cc3cc(F)cc(F)c3)NC(=O)Cn3nc(C(F)(F)F)c4c3C(F)(F)[C@@H]3C[C@H]43)ccc(Cl)c12. The molecule has 1 saturated carbocycles. The fourth-order valence-corrected chi connectivity index (χ4v) is 10.2. The van der Waals surface area contributed by atoms with Gasteiger partial charge in [-0.15, -0.1) is 0 Å². The molecule has 404 valence electrons. The van der Waals surface area contributed by atoms with Gasteiger partial charge in [-0.25, -0.2) is 35.4 Å². The predicted octanol–water partition coefficient (Wildman–Crippen LogP) is 7.92. The molecule has 0 unspecified atom stereocenters. The highest BCUT2D eigenvalue weighted by atomic mass is 35.5. The third-order valence-electron chi connectivity index (χ3n) is 12.4. The molecule has 4 N–H and O–H groups in total. The Morgan fingerprint density at radius 1 is 0.920 bits per heavy atom. The summed E-state index contributed by atoms with van der Waals surface area (Å²) in [4.78, 5) is 42.7. The molecule has 3 aromatic heterocycles. The Bertz CT molecular complexity index is 3440. The number of hydrogen-bond acceptors (Lipinski definition) is 10. The lowest BCUT2D eigenvalue weighted by molar-refractivity contribution is -0.143. The minimum atomic E-state index is -5.23. The molecule has 0 radical (unpaired) electrons. The highest BCUT2D eigenvalue weighted by Crippen LogP contribution is 2.68. The van der Waals surface area contributed by atoms with E-state index in [1.54, 1.807) is 4.72 Å². The zero-order chi connectivity index (χ0) is 55.8. The lowest BCUT2D eigenvalue weighted by atomic mass is 9.89. The normalized spacial score (nSPS) is 16.9. The number of carboxylic acid groups (broad SMARTS) is 1. The number of sulfonamides is 1. The van der Waals surface area contributed by atoms with Crippen molar-refractivity contribution in [3.8, 4) is 23.0 Å². The number of nitrogens with zero attached hydrogens (tertiary/aromatic N) is 5. The zero-order valence-corrected chi connectivity index (χ0v) is 42.1. The van der Waals surface area contributed by atoms with E-state index in [1.165, 1.54) is 33.8 Å². The van der Waals surface area contributed by atoms with Crippen molar-refractivity contribution in [2.75, 3.05) is 12.8 Å². The number of hydrogen-bond donors (Lipinski definition) is 4. The maximum Gasteiger partial charge on any atom is 0.435 e. The van der Waals surface area contributed by atoms with Crippen LogP contribution in [0.25, 0.3) is 22.0 Å². The van der Waals surface area contributed by atoms with Crippen molar-refractivity contribution in [2.45, 2.75) is 101 Å². The number of carbonyl (C=O) groups excluding carboxylic acids is 2. The second-order valence-electron chi connectivity index (χ2n) is 19.4.